The van der Waals surface area contributed by atoms with Crippen LogP contribution in [0.3, 0.4) is 0 Å². The summed E-state index contributed by atoms with van der Waals surface area (Å²) >= 11 is 6.20. The molecule has 0 aliphatic carbocycles. The van der Waals surface area contributed by atoms with Crippen molar-refractivity contribution in [1.82, 2.24) is 9.80 Å². The number of carbonyl (C=O) groups is 2. The van der Waals surface area contributed by atoms with Gasteiger partial charge in [-0.2, -0.15) is 0 Å². The number of benzene rings is 2. The molecule has 0 aromatic heterocycles. The highest BCUT2D eigenvalue weighted by molar-refractivity contribution is 6.46. The van der Waals surface area contributed by atoms with E-state index in [0.717, 1.165) is 13.1 Å². The van der Waals surface area contributed by atoms with E-state index < -0.39 is 23.5 Å². The maximum absolute atomic E-state index is 14.1. The van der Waals surface area contributed by atoms with E-state index in [-0.39, 0.29) is 28.5 Å². The predicted octanol–water partition coefficient (Wildman–Crippen LogP) is 3.24. The number of rotatable bonds is 6. The smallest absolute Gasteiger partial charge is 0.295 e. The third-order valence-corrected chi connectivity index (χ3v) is 6.19. The number of aliphatic hydroxyl groups is 1. The minimum absolute atomic E-state index is 0.103. The van der Waals surface area contributed by atoms with Crippen molar-refractivity contribution in [2.24, 2.45) is 0 Å². The van der Waals surface area contributed by atoms with Crippen LogP contribution in [0.5, 0.6) is 5.75 Å². The van der Waals surface area contributed by atoms with E-state index in [2.05, 4.69) is 4.90 Å². The standard InChI is InChI=1S/C24H24ClFN2O5/c1-32-19-6-5-16(14-18(19)25)22(29)20-21(15-3-2-4-17(26)13-15)28(24(31)23(20)30)8-7-27-9-11-33-12-10-27/h2-6,13-14,21,29H,7-12H2,1H3/b22-20+/t21-/m0/s1. The highest BCUT2D eigenvalue weighted by Crippen LogP contribution is 2.40. The number of morpholine rings is 1. The van der Waals surface area contributed by atoms with Gasteiger partial charge in [-0.3, -0.25) is 14.5 Å². The first-order chi connectivity index (χ1) is 15.9. The van der Waals surface area contributed by atoms with Crippen molar-refractivity contribution in [2.45, 2.75) is 6.04 Å². The van der Waals surface area contributed by atoms with Gasteiger partial charge in [0, 0.05) is 31.7 Å². The second kappa shape index (κ2) is 9.91. The van der Waals surface area contributed by atoms with Gasteiger partial charge >= 0.3 is 0 Å². The van der Waals surface area contributed by atoms with E-state index in [0.29, 0.717) is 31.1 Å². The first-order valence-corrected chi connectivity index (χ1v) is 11.0. The van der Waals surface area contributed by atoms with Gasteiger partial charge in [0.25, 0.3) is 11.7 Å². The molecule has 33 heavy (non-hydrogen) atoms. The Morgan fingerprint density at radius 2 is 1.94 bits per heavy atom. The molecule has 2 fully saturated rings. The lowest BCUT2D eigenvalue weighted by atomic mass is 9.95. The fourth-order valence-corrected chi connectivity index (χ4v) is 4.43. The number of aliphatic hydroxyl groups excluding tert-OH is 1. The lowest BCUT2D eigenvalue weighted by Crippen LogP contribution is -2.42. The maximum Gasteiger partial charge on any atom is 0.295 e. The van der Waals surface area contributed by atoms with Gasteiger partial charge in [-0.15, -0.1) is 0 Å². The SMILES string of the molecule is COc1ccc(/C(O)=C2\C(=O)C(=O)N(CCN3CCOCC3)[C@H]2c2cccc(F)c2)cc1Cl. The van der Waals surface area contributed by atoms with Gasteiger partial charge in [-0.25, -0.2) is 4.39 Å². The quantitative estimate of drug-likeness (QED) is 0.393. The Labute approximate surface area is 195 Å². The van der Waals surface area contributed by atoms with Gasteiger partial charge in [-0.1, -0.05) is 23.7 Å². The molecular formula is C24H24ClFN2O5. The molecule has 2 aromatic rings. The van der Waals surface area contributed by atoms with Crippen molar-refractivity contribution < 1.29 is 28.6 Å². The Balaban J connectivity index is 1.75. The van der Waals surface area contributed by atoms with Crippen LogP contribution in [-0.4, -0.2) is 73.1 Å². The molecule has 1 atom stereocenters. The Morgan fingerprint density at radius 3 is 2.61 bits per heavy atom. The fraction of sp³-hybridized carbons (Fsp3) is 0.333. The molecule has 9 heteroatoms. The average molecular weight is 475 g/mol. The number of halogens is 2. The molecule has 1 amide bonds. The summed E-state index contributed by atoms with van der Waals surface area (Å²) in [6.45, 7) is 3.41. The molecular weight excluding hydrogens is 451 g/mol. The molecule has 0 bridgehead atoms. The summed E-state index contributed by atoms with van der Waals surface area (Å²) in [5.74, 6) is -2.03. The Kier molecular flexibility index (Phi) is 6.97. The summed E-state index contributed by atoms with van der Waals surface area (Å²) < 4.78 is 24.6. The zero-order valence-corrected chi connectivity index (χ0v) is 18.8. The Hall–Kier alpha value is -2.94. The monoisotopic (exact) mass is 474 g/mol. The largest absolute Gasteiger partial charge is 0.507 e. The number of carbonyl (C=O) groups excluding carboxylic acids is 2. The Bertz CT molecular complexity index is 1100. The molecule has 7 nitrogen and oxygen atoms in total. The summed E-state index contributed by atoms with van der Waals surface area (Å²) in [5, 5.41) is 11.3. The Morgan fingerprint density at radius 1 is 1.18 bits per heavy atom. The van der Waals surface area contributed by atoms with Gasteiger partial charge in [0.2, 0.25) is 0 Å². The first kappa shape index (κ1) is 23.2. The predicted molar refractivity (Wildman–Crippen MR) is 121 cm³/mol. The van der Waals surface area contributed by atoms with Crippen molar-refractivity contribution in [1.29, 1.82) is 0 Å². The minimum atomic E-state index is -0.928. The van der Waals surface area contributed by atoms with Crippen LogP contribution >= 0.6 is 11.6 Å². The maximum atomic E-state index is 14.1. The molecule has 0 spiro atoms. The molecule has 2 aliphatic rings. The number of methoxy groups -OCH3 is 1. The lowest BCUT2D eigenvalue weighted by Gasteiger charge is -2.31. The summed E-state index contributed by atoms with van der Waals surface area (Å²) in [7, 11) is 1.46. The van der Waals surface area contributed by atoms with E-state index >= 15 is 0 Å². The number of ether oxygens (including phenoxy) is 2. The van der Waals surface area contributed by atoms with E-state index in [1.54, 1.807) is 18.2 Å². The van der Waals surface area contributed by atoms with Gasteiger partial charge in [0.15, 0.2) is 0 Å². The zero-order chi connectivity index (χ0) is 23.5. The third kappa shape index (κ3) is 4.73. The summed E-state index contributed by atoms with van der Waals surface area (Å²) in [4.78, 5) is 29.6. The van der Waals surface area contributed by atoms with Crippen molar-refractivity contribution in [3.05, 3.63) is 70.0 Å². The summed E-state index contributed by atoms with van der Waals surface area (Å²) in [6.07, 6.45) is 0. The molecule has 4 rings (SSSR count). The topological polar surface area (TPSA) is 79.3 Å². The van der Waals surface area contributed by atoms with Crippen molar-refractivity contribution in [3.8, 4) is 5.75 Å². The molecule has 2 aliphatic heterocycles. The fourth-order valence-electron chi connectivity index (χ4n) is 4.18. The second-order valence-electron chi connectivity index (χ2n) is 7.85. The number of hydrogen-bond donors (Lipinski definition) is 1. The van der Waals surface area contributed by atoms with Crippen LogP contribution in [0.2, 0.25) is 5.02 Å². The average Bonchev–Trinajstić information content (AvgIpc) is 3.07. The van der Waals surface area contributed by atoms with E-state index in [9.17, 15) is 19.1 Å². The van der Waals surface area contributed by atoms with Crippen LogP contribution in [0.15, 0.2) is 48.0 Å². The molecule has 0 unspecified atom stereocenters. The van der Waals surface area contributed by atoms with Crippen molar-refractivity contribution in [2.75, 3.05) is 46.5 Å². The van der Waals surface area contributed by atoms with Gasteiger partial charge in [0.05, 0.1) is 37.0 Å². The van der Waals surface area contributed by atoms with Gasteiger partial charge in [0.1, 0.15) is 17.3 Å². The number of likely N-dealkylation sites (tertiary alicyclic amines) is 1. The van der Waals surface area contributed by atoms with Crippen molar-refractivity contribution in [3.63, 3.8) is 0 Å². The second-order valence-corrected chi connectivity index (χ2v) is 8.26. The minimum Gasteiger partial charge on any atom is -0.507 e. The molecule has 1 N–H and O–H groups in total. The van der Waals surface area contributed by atoms with E-state index in [4.69, 9.17) is 21.1 Å². The number of amides is 1. The molecule has 174 valence electrons. The van der Waals surface area contributed by atoms with Crippen LogP contribution in [-0.2, 0) is 14.3 Å². The first-order valence-electron chi connectivity index (χ1n) is 10.6. The number of hydrogen-bond acceptors (Lipinski definition) is 6. The number of ketones is 1. The highest BCUT2D eigenvalue weighted by Gasteiger charge is 2.46. The van der Waals surface area contributed by atoms with Crippen LogP contribution < -0.4 is 4.74 Å². The van der Waals surface area contributed by atoms with E-state index in [1.807, 2.05) is 0 Å². The van der Waals surface area contributed by atoms with Crippen LogP contribution in [0.25, 0.3) is 5.76 Å². The molecule has 2 saturated heterocycles. The normalized spacial score (nSPS) is 20.9. The molecule has 0 radical (unpaired) electrons. The van der Waals surface area contributed by atoms with Crippen LogP contribution in [0, 0.1) is 5.82 Å². The molecule has 0 saturated carbocycles. The van der Waals surface area contributed by atoms with Crippen LogP contribution in [0.1, 0.15) is 17.2 Å². The lowest BCUT2D eigenvalue weighted by molar-refractivity contribution is -0.140. The molecule has 2 aromatic carbocycles. The highest BCUT2D eigenvalue weighted by atomic mass is 35.5. The summed E-state index contributed by atoms with van der Waals surface area (Å²) in [6, 6.07) is 9.33. The van der Waals surface area contributed by atoms with Gasteiger partial charge < -0.3 is 19.5 Å². The van der Waals surface area contributed by atoms with Crippen molar-refractivity contribution >= 4 is 29.1 Å². The summed E-state index contributed by atoms with van der Waals surface area (Å²) in [5.41, 5.74) is 0.555. The molecule has 2 heterocycles. The van der Waals surface area contributed by atoms with Gasteiger partial charge in [-0.05, 0) is 35.9 Å². The number of nitrogens with zero attached hydrogens (tertiary/aromatic N) is 2. The zero-order valence-electron chi connectivity index (χ0n) is 18.1. The third-order valence-electron chi connectivity index (χ3n) is 5.89. The number of Topliss-reactive ketones (excluding diaryl/α,β-unsaturated/α-hetero) is 1. The van der Waals surface area contributed by atoms with E-state index in [1.165, 1.54) is 36.3 Å². The van der Waals surface area contributed by atoms with Crippen LogP contribution in [0.4, 0.5) is 4.39 Å².